The molecular formula is C21H25N3O2. The zero-order valence-electron chi connectivity index (χ0n) is 15.4. The van der Waals surface area contributed by atoms with Gasteiger partial charge in [0.1, 0.15) is 0 Å². The summed E-state index contributed by atoms with van der Waals surface area (Å²) in [7, 11) is 0. The van der Waals surface area contributed by atoms with Crippen molar-refractivity contribution in [2.45, 2.75) is 33.4 Å². The normalized spacial score (nSPS) is 16.8. The van der Waals surface area contributed by atoms with Crippen LogP contribution in [0, 0.1) is 12.8 Å². The summed E-state index contributed by atoms with van der Waals surface area (Å²) in [6.45, 7) is 6.10. The molecule has 0 radical (unpaired) electrons. The largest absolute Gasteiger partial charge is 0.342 e. The predicted octanol–water partition coefficient (Wildman–Crippen LogP) is 2.79. The summed E-state index contributed by atoms with van der Waals surface area (Å²) >= 11 is 0. The molecule has 1 aliphatic rings. The van der Waals surface area contributed by atoms with Crippen molar-refractivity contribution >= 4 is 11.8 Å². The topological polar surface area (TPSA) is 53.5 Å². The van der Waals surface area contributed by atoms with Crippen LogP contribution in [0.25, 0.3) is 0 Å². The van der Waals surface area contributed by atoms with Crippen molar-refractivity contribution in [1.82, 2.24) is 14.8 Å². The lowest BCUT2D eigenvalue weighted by atomic mass is 10.1. The van der Waals surface area contributed by atoms with E-state index in [4.69, 9.17) is 0 Å². The predicted molar refractivity (Wildman–Crippen MR) is 100 cm³/mol. The molecule has 136 valence electrons. The fourth-order valence-corrected chi connectivity index (χ4v) is 3.38. The maximum Gasteiger partial charge on any atom is 0.228 e. The highest BCUT2D eigenvalue weighted by Crippen LogP contribution is 2.22. The maximum atomic E-state index is 13.2. The van der Waals surface area contributed by atoms with Crippen molar-refractivity contribution in [1.29, 1.82) is 0 Å². The van der Waals surface area contributed by atoms with E-state index in [1.807, 2.05) is 61.2 Å². The molecule has 5 nitrogen and oxygen atoms in total. The van der Waals surface area contributed by atoms with Crippen molar-refractivity contribution < 1.29 is 9.59 Å². The molecule has 1 aromatic heterocycles. The molecule has 2 heterocycles. The fraction of sp³-hybridized carbons (Fsp3) is 0.381. The molecule has 0 aliphatic carbocycles. The van der Waals surface area contributed by atoms with Crippen LogP contribution >= 0.6 is 0 Å². The number of aryl methyl sites for hydroxylation is 1. The average molecular weight is 351 g/mol. The Labute approximate surface area is 154 Å². The highest BCUT2D eigenvalue weighted by atomic mass is 16.2. The molecule has 26 heavy (non-hydrogen) atoms. The summed E-state index contributed by atoms with van der Waals surface area (Å²) in [6, 6.07) is 13.9. The fourth-order valence-electron chi connectivity index (χ4n) is 3.38. The summed E-state index contributed by atoms with van der Waals surface area (Å²) in [5, 5.41) is 0. The first-order valence-corrected chi connectivity index (χ1v) is 9.09. The van der Waals surface area contributed by atoms with Crippen LogP contribution in [0.15, 0.2) is 48.7 Å². The molecule has 0 bridgehead atoms. The smallest absolute Gasteiger partial charge is 0.228 e. The number of carbonyl (C=O) groups excluding carboxylic acids is 2. The van der Waals surface area contributed by atoms with Crippen LogP contribution in [0.5, 0.6) is 0 Å². The highest BCUT2D eigenvalue weighted by molar-refractivity contribution is 5.89. The first-order chi connectivity index (χ1) is 12.6. The molecular weight excluding hydrogens is 326 g/mol. The van der Waals surface area contributed by atoms with Gasteiger partial charge in [-0.05, 0) is 31.0 Å². The van der Waals surface area contributed by atoms with Gasteiger partial charge >= 0.3 is 0 Å². The van der Waals surface area contributed by atoms with Gasteiger partial charge in [-0.1, -0.05) is 36.4 Å². The Morgan fingerprint density at radius 2 is 1.96 bits per heavy atom. The van der Waals surface area contributed by atoms with E-state index in [9.17, 15) is 9.59 Å². The lowest BCUT2D eigenvalue weighted by Gasteiger charge is -2.26. The van der Waals surface area contributed by atoms with Crippen LogP contribution in [-0.4, -0.2) is 39.7 Å². The van der Waals surface area contributed by atoms with Crippen LogP contribution < -0.4 is 0 Å². The van der Waals surface area contributed by atoms with E-state index in [1.54, 1.807) is 11.1 Å². The minimum atomic E-state index is -0.268. The van der Waals surface area contributed by atoms with E-state index in [0.717, 1.165) is 16.8 Å². The second-order valence-electron chi connectivity index (χ2n) is 6.78. The minimum absolute atomic E-state index is 0.0307. The summed E-state index contributed by atoms with van der Waals surface area (Å²) in [4.78, 5) is 33.3. The number of aromatic nitrogens is 1. The number of nitrogens with zero attached hydrogens (tertiary/aromatic N) is 3. The zero-order valence-corrected chi connectivity index (χ0v) is 15.4. The summed E-state index contributed by atoms with van der Waals surface area (Å²) in [6.07, 6.45) is 2.06. The SMILES string of the molecule is CCN1CC(C(=O)N(Cc2ccccc2)Cc2ncccc2C)CC1=O. The van der Waals surface area contributed by atoms with E-state index in [0.29, 0.717) is 32.6 Å². The van der Waals surface area contributed by atoms with Gasteiger partial charge < -0.3 is 9.80 Å². The summed E-state index contributed by atoms with van der Waals surface area (Å²) in [5.74, 6) is -0.169. The number of rotatable bonds is 6. The van der Waals surface area contributed by atoms with Gasteiger partial charge in [0.25, 0.3) is 0 Å². The van der Waals surface area contributed by atoms with Gasteiger partial charge in [0.2, 0.25) is 11.8 Å². The molecule has 1 aromatic carbocycles. The minimum Gasteiger partial charge on any atom is -0.342 e. The quantitative estimate of drug-likeness (QED) is 0.804. The zero-order chi connectivity index (χ0) is 18.5. The Hall–Kier alpha value is -2.69. The van der Waals surface area contributed by atoms with Crippen molar-refractivity contribution in [3.63, 3.8) is 0 Å². The molecule has 3 rings (SSSR count). The third-order valence-electron chi connectivity index (χ3n) is 4.93. The molecule has 1 fully saturated rings. The monoisotopic (exact) mass is 351 g/mol. The lowest BCUT2D eigenvalue weighted by molar-refractivity contribution is -0.137. The molecule has 2 amide bonds. The molecule has 5 heteroatoms. The molecule has 1 unspecified atom stereocenters. The van der Waals surface area contributed by atoms with E-state index in [1.165, 1.54) is 0 Å². The van der Waals surface area contributed by atoms with Crippen molar-refractivity contribution in [3.05, 3.63) is 65.5 Å². The number of pyridine rings is 1. The Kier molecular flexibility index (Phi) is 5.66. The molecule has 0 N–H and O–H groups in total. The molecule has 2 aromatic rings. The van der Waals surface area contributed by atoms with Crippen molar-refractivity contribution in [2.24, 2.45) is 5.92 Å². The van der Waals surface area contributed by atoms with Crippen LogP contribution in [-0.2, 0) is 22.7 Å². The number of carbonyl (C=O) groups is 2. The van der Waals surface area contributed by atoms with E-state index in [2.05, 4.69) is 4.98 Å². The van der Waals surface area contributed by atoms with Gasteiger partial charge in [0.15, 0.2) is 0 Å². The lowest BCUT2D eigenvalue weighted by Crippen LogP contribution is -2.37. The van der Waals surface area contributed by atoms with Crippen LogP contribution in [0.2, 0.25) is 0 Å². The second kappa shape index (κ2) is 8.13. The van der Waals surface area contributed by atoms with Crippen molar-refractivity contribution in [2.75, 3.05) is 13.1 Å². The number of amides is 2. The first kappa shape index (κ1) is 18.1. The van der Waals surface area contributed by atoms with Gasteiger partial charge in [-0.2, -0.15) is 0 Å². The average Bonchev–Trinajstić information content (AvgIpc) is 3.04. The molecule has 1 saturated heterocycles. The molecule has 0 saturated carbocycles. The standard InChI is InChI=1S/C21H25N3O2/c1-3-23-14-18(12-20(23)25)21(26)24(13-17-9-5-4-6-10-17)15-19-16(2)8-7-11-22-19/h4-11,18H,3,12-15H2,1-2H3. The Morgan fingerprint density at radius 1 is 1.19 bits per heavy atom. The van der Waals surface area contributed by atoms with Gasteiger partial charge in [-0.15, -0.1) is 0 Å². The van der Waals surface area contributed by atoms with Crippen molar-refractivity contribution in [3.8, 4) is 0 Å². The maximum absolute atomic E-state index is 13.2. The van der Waals surface area contributed by atoms with E-state index in [-0.39, 0.29) is 17.7 Å². The Bertz CT molecular complexity index is 776. The Morgan fingerprint density at radius 3 is 2.62 bits per heavy atom. The van der Waals surface area contributed by atoms with Gasteiger partial charge in [0, 0.05) is 32.3 Å². The van der Waals surface area contributed by atoms with E-state index < -0.39 is 0 Å². The highest BCUT2D eigenvalue weighted by Gasteiger charge is 2.36. The molecule has 1 aliphatic heterocycles. The third kappa shape index (κ3) is 4.10. The second-order valence-corrected chi connectivity index (χ2v) is 6.78. The molecule has 1 atom stereocenters. The third-order valence-corrected chi connectivity index (χ3v) is 4.93. The van der Waals surface area contributed by atoms with Gasteiger partial charge in [-0.25, -0.2) is 0 Å². The van der Waals surface area contributed by atoms with Crippen LogP contribution in [0.4, 0.5) is 0 Å². The van der Waals surface area contributed by atoms with Gasteiger partial charge in [0.05, 0.1) is 18.2 Å². The number of benzene rings is 1. The summed E-state index contributed by atoms with van der Waals surface area (Å²) in [5.41, 5.74) is 3.04. The number of hydrogen-bond acceptors (Lipinski definition) is 3. The van der Waals surface area contributed by atoms with Gasteiger partial charge in [-0.3, -0.25) is 14.6 Å². The van der Waals surface area contributed by atoms with E-state index >= 15 is 0 Å². The first-order valence-electron chi connectivity index (χ1n) is 9.09. The number of likely N-dealkylation sites (tertiary alicyclic amines) is 1. The Balaban J connectivity index is 1.81. The molecule has 0 spiro atoms. The summed E-state index contributed by atoms with van der Waals surface area (Å²) < 4.78 is 0. The number of hydrogen-bond donors (Lipinski definition) is 0. The van der Waals surface area contributed by atoms with Crippen LogP contribution in [0.3, 0.4) is 0 Å². The van der Waals surface area contributed by atoms with Crippen LogP contribution in [0.1, 0.15) is 30.2 Å².